The minimum absolute atomic E-state index is 0.180. The van der Waals surface area contributed by atoms with Gasteiger partial charge in [-0.25, -0.2) is 0 Å². The first-order valence-corrected chi connectivity index (χ1v) is 5.58. The van der Waals surface area contributed by atoms with E-state index >= 15 is 0 Å². The molecule has 0 aliphatic carbocycles. The first-order chi connectivity index (χ1) is 6.31. The van der Waals surface area contributed by atoms with Gasteiger partial charge in [0.25, 0.3) is 0 Å². The van der Waals surface area contributed by atoms with Gasteiger partial charge >= 0.3 is 0 Å². The Labute approximate surface area is 84.1 Å². The third-order valence-corrected chi connectivity index (χ3v) is 1.05. The molecule has 2 heteroatoms. The molecule has 2 nitrogen and oxygen atoms in total. The summed E-state index contributed by atoms with van der Waals surface area (Å²) in [6.07, 6.45) is 2.63. The van der Waals surface area contributed by atoms with E-state index in [1.54, 1.807) is 0 Å². The maximum atomic E-state index is 10.7. The Morgan fingerprint density at radius 1 is 1.00 bits per heavy atom. The van der Waals surface area contributed by atoms with Crippen molar-refractivity contribution in [3.05, 3.63) is 0 Å². The molecule has 0 rings (SSSR count). The highest BCUT2D eigenvalue weighted by atomic mass is 16.1. The van der Waals surface area contributed by atoms with Crippen LogP contribution in [0.2, 0.25) is 0 Å². The lowest BCUT2D eigenvalue weighted by Gasteiger charge is -1.99. The smallest absolute Gasteiger partial charge is 0.219 e. The summed E-state index contributed by atoms with van der Waals surface area (Å²) in [5.74, 6) is 0.180. The van der Waals surface area contributed by atoms with Crippen molar-refractivity contribution in [1.82, 2.24) is 5.32 Å². The Morgan fingerprint density at radius 3 is 1.77 bits per heavy atom. The van der Waals surface area contributed by atoms with Gasteiger partial charge in [0.1, 0.15) is 0 Å². The number of amides is 1. The van der Waals surface area contributed by atoms with Gasteiger partial charge in [0.05, 0.1) is 0 Å². The van der Waals surface area contributed by atoms with Gasteiger partial charge in [-0.2, -0.15) is 0 Å². The second kappa shape index (κ2) is 22.5. The number of hydrogen-bond acceptors (Lipinski definition) is 1. The molecule has 0 saturated heterocycles. The van der Waals surface area contributed by atoms with Gasteiger partial charge in [0.2, 0.25) is 5.91 Å². The normalized spacial score (nSPS) is 7.23. The minimum Gasteiger partial charge on any atom is -0.356 e. The van der Waals surface area contributed by atoms with Crippen molar-refractivity contribution in [3.8, 4) is 0 Å². The standard InChI is InChI=1S/C7H15NO.2C2H6/c1-3-5-7(9)8-6-4-2;2*1-2/h3-6H2,1-2H3,(H,8,9);2*1-2H3. The van der Waals surface area contributed by atoms with Crippen LogP contribution in [-0.2, 0) is 4.79 Å². The summed E-state index contributed by atoms with van der Waals surface area (Å²) in [4.78, 5) is 10.7. The second-order valence-electron chi connectivity index (χ2n) is 2.10. The summed E-state index contributed by atoms with van der Waals surface area (Å²) < 4.78 is 0. The van der Waals surface area contributed by atoms with E-state index in [2.05, 4.69) is 5.32 Å². The lowest BCUT2D eigenvalue weighted by atomic mass is 10.3. The first kappa shape index (κ1) is 18.3. The predicted molar refractivity (Wildman–Crippen MR) is 60.9 cm³/mol. The van der Waals surface area contributed by atoms with Gasteiger partial charge in [-0.05, 0) is 12.8 Å². The second-order valence-corrected chi connectivity index (χ2v) is 2.10. The zero-order valence-electron chi connectivity index (χ0n) is 10.2. The maximum Gasteiger partial charge on any atom is 0.219 e. The van der Waals surface area contributed by atoms with Crippen LogP contribution in [0.15, 0.2) is 0 Å². The average Bonchev–Trinajstić information content (AvgIpc) is 2.21. The van der Waals surface area contributed by atoms with Crippen LogP contribution in [0.1, 0.15) is 60.8 Å². The van der Waals surface area contributed by atoms with Gasteiger partial charge in [0, 0.05) is 13.0 Å². The average molecular weight is 189 g/mol. The summed E-state index contributed by atoms with van der Waals surface area (Å²) in [5, 5.41) is 2.79. The highest BCUT2D eigenvalue weighted by molar-refractivity contribution is 5.75. The summed E-state index contributed by atoms with van der Waals surface area (Å²) in [7, 11) is 0. The van der Waals surface area contributed by atoms with E-state index in [4.69, 9.17) is 0 Å². The monoisotopic (exact) mass is 189 g/mol. The molecular weight excluding hydrogens is 162 g/mol. The van der Waals surface area contributed by atoms with Crippen molar-refractivity contribution < 1.29 is 4.79 Å². The Morgan fingerprint density at radius 2 is 1.46 bits per heavy atom. The number of carbonyl (C=O) groups excluding carboxylic acids is 1. The largest absolute Gasteiger partial charge is 0.356 e. The zero-order chi connectivity index (χ0) is 11.1. The summed E-state index contributed by atoms with van der Waals surface area (Å²) >= 11 is 0. The maximum absolute atomic E-state index is 10.7. The van der Waals surface area contributed by atoms with Crippen molar-refractivity contribution >= 4 is 5.91 Å². The summed E-state index contributed by atoms with van der Waals surface area (Å²) in [5.41, 5.74) is 0. The minimum atomic E-state index is 0.180. The Kier molecular flexibility index (Phi) is 31.7. The lowest BCUT2D eigenvalue weighted by molar-refractivity contribution is -0.121. The summed E-state index contributed by atoms with van der Waals surface area (Å²) in [6, 6.07) is 0. The van der Waals surface area contributed by atoms with Crippen LogP contribution < -0.4 is 5.32 Å². The van der Waals surface area contributed by atoms with Crippen molar-refractivity contribution in [2.75, 3.05) is 6.54 Å². The first-order valence-electron chi connectivity index (χ1n) is 5.58. The molecule has 0 spiro atoms. The lowest BCUT2D eigenvalue weighted by Crippen LogP contribution is -2.23. The molecule has 0 aromatic carbocycles. The summed E-state index contributed by atoms with van der Waals surface area (Å²) in [6.45, 7) is 12.9. The molecule has 1 N–H and O–H groups in total. The molecular formula is C11H27NO. The molecule has 82 valence electrons. The SMILES string of the molecule is CC.CC.CCCNC(=O)CCC. The molecule has 0 heterocycles. The molecule has 0 radical (unpaired) electrons. The van der Waals surface area contributed by atoms with E-state index in [0.29, 0.717) is 6.42 Å². The van der Waals surface area contributed by atoms with E-state index in [1.807, 2.05) is 41.5 Å². The van der Waals surface area contributed by atoms with Crippen LogP contribution in [0.3, 0.4) is 0 Å². The van der Waals surface area contributed by atoms with Crippen molar-refractivity contribution in [2.24, 2.45) is 0 Å². The molecule has 1 amide bonds. The highest BCUT2D eigenvalue weighted by Gasteiger charge is 1.94. The fourth-order valence-corrected chi connectivity index (χ4v) is 0.580. The van der Waals surface area contributed by atoms with Gasteiger partial charge in [0.15, 0.2) is 0 Å². The van der Waals surface area contributed by atoms with Gasteiger partial charge in [-0.15, -0.1) is 0 Å². The van der Waals surface area contributed by atoms with Crippen LogP contribution in [0, 0.1) is 0 Å². The molecule has 0 saturated carbocycles. The van der Waals surface area contributed by atoms with Crippen molar-refractivity contribution in [1.29, 1.82) is 0 Å². The van der Waals surface area contributed by atoms with E-state index in [0.717, 1.165) is 19.4 Å². The van der Waals surface area contributed by atoms with E-state index in [-0.39, 0.29) is 5.91 Å². The van der Waals surface area contributed by atoms with Crippen LogP contribution >= 0.6 is 0 Å². The molecule has 0 bridgehead atoms. The van der Waals surface area contributed by atoms with Crippen molar-refractivity contribution in [2.45, 2.75) is 60.8 Å². The fraction of sp³-hybridized carbons (Fsp3) is 0.909. The number of rotatable bonds is 4. The van der Waals surface area contributed by atoms with Crippen LogP contribution in [0.25, 0.3) is 0 Å². The molecule has 0 aromatic heterocycles. The Bertz CT molecular complexity index is 82.2. The van der Waals surface area contributed by atoms with Gasteiger partial charge < -0.3 is 5.32 Å². The van der Waals surface area contributed by atoms with Crippen LogP contribution in [0.4, 0.5) is 0 Å². The number of nitrogens with one attached hydrogen (secondary N) is 1. The fourth-order valence-electron chi connectivity index (χ4n) is 0.580. The third kappa shape index (κ3) is 24.6. The van der Waals surface area contributed by atoms with E-state index < -0.39 is 0 Å². The van der Waals surface area contributed by atoms with Gasteiger partial charge in [-0.1, -0.05) is 41.5 Å². The van der Waals surface area contributed by atoms with E-state index in [9.17, 15) is 4.79 Å². The molecule has 0 aliphatic rings. The van der Waals surface area contributed by atoms with E-state index in [1.165, 1.54) is 0 Å². The highest BCUT2D eigenvalue weighted by Crippen LogP contribution is 1.84. The van der Waals surface area contributed by atoms with Crippen molar-refractivity contribution in [3.63, 3.8) is 0 Å². The molecule has 0 aromatic rings. The van der Waals surface area contributed by atoms with Crippen LogP contribution in [0.5, 0.6) is 0 Å². The predicted octanol–water partition coefficient (Wildman–Crippen LogP) is 3.37. The molecule has 0 unspecified atom stereocenters. The molecule has 0 atom stereocenters. The Balaban J connectivity index is -0.000000218. The molecule has 0 fully saturated rings. The van der Waals surface area contributed by atoms with Gasteiger partial charge in [-0.3, -0.25) is 4.79 Å². The molecule has 0 aliphatic heterocycles. The molecule has 13 heavy (non-hydrogen) atoms. The van der Waals surface area contributed by atoms with Crippen LogP contribution in [-0.4, -0.2) is 12.5 Å². The zero-order valence-corrected chi connectivity index (χ0v) is 10.2. The Hall–Kier alpha value is -0.530. The number of hydrogen-bond donors (Lipinski definition) is 1. The quantitative estimate of drug-likeness (QED) is 0.722. The third-order valence-electron chi connectivity index (χ3n) is 1.05. The number of carbonyl (C=O) groups is 1. The topological polar surface area (TPSA) is 29.1 Å².